The summed E-state index contributed by atoms with van der Waals surface area (Å²) >= 11 is 0. The molecular formula is C57H35N5. The Labute approximate surface area is 357 Å². The van der Waals surface area contributed by atoms with Gasteiger partial charge in [-0.25, -0.2) is 19.9 Å². The molecule has 9 aromatic carbocycles. The van der Waals surface area contributed by atoms with Crippen LogP contribution in [0.3, 0.4) is 0 Å². The molecule has 0 aliphatic heterocycles. The highest BCUT2D eigenvalue weighted by atomic mass is 15.0. The zero-order chi connectivity index (χ0) is 41.0. The molecule has 0 N–H and O–H groups in total. The smallest absolute Gasteiger partial charge is 0.164 e. The fraction of sp³-hybridized carbons (Fsp3) is 0. The summed E-state index contributed by atoms with van der Waals surface area (Å²) in [6.07, 6.45) is 3.73. The molecule has 3 heterocycles. The van der Waals surface area contributed by atoms with Gasteiger partial charge in [0.05, 0.1) is 11.2 Å². The number of nitrogens with zero attached hydrogens (tertiary/aromatic N) is 5. The van der Waals surface area contributed by atoms with Gasteiger partial charge in [-0.15, -0.1) is 0 Å². The molecule has 62 heavy (non-hydrogen) atoms. The molecule has 0 saturated heterocycles. The van der Waals surface area contributed by atoms with Crippen molar-refractivity contribution < 1.29 is 0 Å². The second-order valence-electron chi connectivity index (χ2n) is 15.7. The van der Waals surface area contributed by atoms with Gasteiger partial charge in [0.15, 0.2) is 17.5 Å². The summed E-state index contributed by atoms with van der Waals surface area (Å²) < 4.78 is 0. The van der Waals surface area contributed by atoms with Gasteiger partial charge in [0.25, 0.3) is 0 Å². The standard InChI is InChI=1S/C57H35N5/c1-2-15-38(16-3-1)54-51-34-50(47-20-8-9-21-48(47)53(51)49-22-10-11-23-52(49)59-54)45-31-44(43-19-12-28-58-35-43)32-46(33-45)57-61-55(41-26-24-36-13-4-6-17-39(36)29-41)60-56(62-57)42-27-25-37-14-5-7-18-40(37)30-42/h1-35H. The molecule has 0 spiro atoms. The molecule has 0 bridgehead atoms. The molecule has 0 amide bonds. The van der Waals surface area contributed by atoms with Crippen LogP contribution in [0.4, 0.5) is 0 Å². The van der Waals surface area contributed by atoms with Crippen LogP contribution in [-0.2, 0) is 0 Å². The molecule has 0 saturated carbocycles. The van der Waals surface area contributed by atoms with E-state index in [9.17, 15) is 0 Å². The average molecular weight is 790 g/mol. The van der Waals surface area contributed by atoms with Gasteiger partial charge in [0.1, 0.15) is 0 Å². The number of hydrogen-bond donors (Lipinski definition) is 0. The van der Waals surface area contributed by atoms with Crippen molar-refractivity contribution in [3.8, 4) is 67.7 Å². The SMILES string of the molecule is c1ccc(-c2nc3ccccc3c3c2cc(-c2cc(-c4cccnc4)cc(-c4nc(-c5ccc6ccccc6c5)nc(-c5ccc6ccccc6c5)n4)c2)c2ccccc23)cc1. The molecule has 12 aromatic rings. The number of pyridine rings is 2. The van der Waals surface area contributed by atoms with Crippen LogP contribution in [0.25, 0.3) is 122 Å². The number of benzene rings is 9. The first kappa shape index (κ1) is 35.5. The largest absolute Gasteiger partial charge is 0.264 e. The highest BCUT2D eigenvalue weighted by Gasteiger charge is 2.20. The van der Waals surface area contributed by atoms with E-state index in [-0.39, 0.29) is 0 Å². The number of para-hydroxylation sites is 1. The highest BCUT2D eigenvalue weighted by Crippen LogP contribution is 2.43. The quantitative estimate of drug-likeness (QED) is 0.157. The molecular weight excluding hydrogens is 755 g/mol. The maximum Gasteiger partial charge on any atom is 0.164 e. The van der Waals surface area contributed by atoms with Crippen LogP contribution in [0.15, 0.2) is 213 Å². The summed E-state index contributed by atoms with van der Waals surface area (Å²) in [5, 5.41) is 10.3. The van der Waals surface area contributed by atoms with E-state index in [1.807, 2.05) is 18.5 Å². The number of rotatable bonds is 6. The molecule has 0 atom stereocenters. The first-order valence-electron chi connectivity index (χ1n) is 20.8. The van der Waals surface area contributed by atoms with E-state index in [2.05, 4.69) is 199 Å². The Morgan fingerprint density at radius 1 is 0.290 bits per heavy atom. The lowest BCUT2D eigenvalue weighted by atomic mass is 9.88. The van der Waals surface area contributed by atoms with E-state index < -0.39 is 0 Å². The Bertz CT molecular complexity index is 3600. The molecule has 0 unspecified atom stereocenters. The maximum atomic E-state index is 5.33. The number of fused-ring (bicyclic) bond motifs is 7. The van der Waals surface area contributed by atoms with Crippen LogP contribution in [0.1, 0.15) is 0 Å². The average Bonchev–Trinajstić information content (AvgIpc) is 3.35. The van der Waals surface area contributed by atoms with Gasteiger partial charge in [0, 0.05) is 56.4 Å². The number of hydrogen-bond acceptors (Lipinski definition) is 5. The lowest BCUT2D eigenvalue weighted by Gasteiger charge is -2.17. The summed E-state index contributed by atoms with van der Waals surface area (Å²) in [5.41, 5.74) is 9.84. The first-order chi connectivity index (χ1) is 30.7. The molecule has 5 nitrogen and oxygen atoms in total. The lowest BCUT2D eigenvalue weighted by Crippen LogP contribution is -2.01. The molecule has 0 aliphatic carbocycles. The fourth-order valence-corrected chi connectivity index (χ4v) is 8.90. The molecule has 5 heteroatoms. The minimum atomic E-state index is 0.584. The van der Waals surface area contributed by atoms with Crippen LogP contribution in [0, 0.1) is 0 Å². The molecule has 0 radical (unpaired) electrons. The van der Waals surface area contributed by atoms with Crippen LogP contribution < -0.4 is 0 Å². The minimum Gasteiger partial charge on any atom is -0.264 e. The fourth-order valence-electron chi connectivity index (χ4n) is 8.90. The summed E-state index contributed by atoms with van der Waals surface area (Å²) in [5.74, 6) is 1.80. The zero-order valence-electron chi connectivity index (χ0n) is 33.4. The van der Waals surface area contributed by atoms with Crippen molar-refractivity contribution in [2.75, 3.05) is 0 Å². The van der Waals surface area contributed by atoms with E-state index in [4.69, 9.17) is 19.9 Å². The van der Waals surface area contributed by atoms with E-state index in [1.54, 1.807) is 0 Å². The minimum absolute atomic E-state index is 0.584. The summed E-state index contributed by atoms with van der Waals surface area (Å²) in [6, 6.07) is 70.4. The number of aromatic nitrogens is 5. The van der Waals surface area contributed by atoms with Crippen molar-refractivity contribution in [3.63, 3.8) is 0 Å². The molecule has 3 aromatic heterocycles. The van der Waals surface area contributed by atoms with Gasteiger partial charge in [-0.05, 0) is 97.5 Å². The van der Waals surface area contributed by atoms with Gasteiger partial charge in [0.2, 0.25) is 0 Å². The van der Waals surface area contributed by atoms with E-state index >= 15 is 0 Å². The van der Waals surface area contributed by atoms with Gasteiger partial charge in [-0.1, -0.05) is 152 Å². The van der Waals surface area contributed by atoms with Crippen LogP contribution >= 0.6 is 0 Å². The summed E-state index contributed by atoms with van der Waals surface area (Å²) in [6.45, 7) is 0. The van der Waals surface area contributed by atoms with Crippen molar-refractivity contribution in [2.45, 2.75) is 0 Å². The highest BCUT2D eigenvalue weighted by molar-refractivity contribution is 6.25. The molecule has 288 valence electrons. The maximum absolute atomic E-state index is 5.33. The third kappa shape index (κ3) is 6.23. The lowest BCUT2D eigenvalue weighted by molar-refractivity contribution is 1.08. The Hall–Kier alpha value is -8.41. The van der Waals surface area contributed by atoms with E-state index in [0.29, 0.717) is 17.5 Å². The summed E-state index contributed by atoms with van der Waals surface area (Å²) in [4.78, 5) is 25.6. The predicted octanol–water partition coefficient (Wildman–Crippen LogP) is 14.4. The van der Waals surface area contributed by atoms with Crippen molar-refractivity contribution in [2.24, 2.45) is 0 Å². The van der Waals surface area contributed by atoms with Gasteiger partial charge >= 0.3 is 0 Å². The van der Waals surface area contributed by atoms with Crippen molar-refractivity contribution in [1.82, 2.24) is 24.9 Å². The molecule has 12 rings (SSSR count). The van der Waals surface area contributed by atoms with Gasteiger partial charge in [-0.3, -0.25) is 4.98 Å². The predicted molar refractivity (Wildman–Crippen MR) is 256 cm³/mol. The second-order valence-corrected chi connectivity index (χ2v) is 15.7. The van der Waals surface area contributed by atoms with Gasteiger partial charge in [-0.2, -0.15) is 0 Å². The monoisotopic (exact) mass is 789 g/mol. The Morgan fingerprint density at radius 3 is 1.52 bits per heavy atom. The van der Waals surface area contributed by atoms with Gasteiger partial charge < -0.3 is 0 Å². The topological polar surface area (TPSA) is 64.5 Å². The normalized spacial score (nSPS) is 11.5. The van der Waals surface area contributed by atoms with Crippen molar-refractivity contribution in [1.29, 1.82) is 0 Å². The first-order valence-corrected chi connectivity index (χ1v) is 20.8. The molecule has 0 aliphatic rings. The second kappa shape index (κ2) is 14.7. The van der Waals surface area contributed by atoms with E-state index in [1.165, 1.54) is 10.8 Å². The van der Waals surface area contributed by atoms with Crippen LogP contribution in [-0.4, -0.2) is 24.9 Å². The Kier molecular flexibility index (Phi) is 8.42. The Balaban J connectivity index is 1.14. The van der Waals surface area contributed by atoms with Crippen LogP contribution in [0.5, 0.6) is 0 Å². The third-order valence-corrected chi connectivity index (χ3v) is 11.9. The molecule has 0 fully saturated rings. The van der Waals surface area contributed by atoms with Crippen molar-refractivity contribution in [3.05, 3.63) is 213 Å². The third-order valence-electron chi connectivity index (χ3n) is 11.9. The zero-order valence-corrected chi connectivity index (χ0v) is 33.4. The summed E-state index contributed by atoms with van der Waals surface area (Å²) in [7, 11) is 0. The Morgan fingerprint density at radius 2 is 0.839 bits per heavy atom. The van der Waals surface area contributed by atoms with E-state index in [0.717, 1.165) is 93.4 Å². The van der Waals surface area contributed by atoms with Crippen LogP contribution in [0.2, 0.25) is 0 Å². The van der Waals surface area contributed by atoms with Crippen molar-refractivity contribution >= 4 is 54.0 Å².